The highest BCUT2D eigenvalue weighted by Gasteiger charge is 3.06. The fraction of sp³-hybridized carbons (Fsp3) is 0.700. The van der Waals surface area contributed by atoms with Gasteiger partial charge in [-0.3, -0.25) is 9.59 Å². The standard InChI is InChI=1S/C20H18O2/c21-15-17-5-1-2-6-18(17)12-8-11(17)13-14(12)20(16(18)22)10-4-3-9(7-10)19(13,15)20/h1-2,5-6,9-14H,3-4,7-8H2/t9-,10+,11+,12-,13-,14-,17+,18-,19-,20+/m1/s1. The molecule has 10 atom stereocenters. The van der Waals surface area contributed by atoms with Crippen molar-refractivity contribution in [1.82, 2.24) is 0 Å². The molecule has 0 radical (unpaired) electrons. The fourth-order valence-electron chi connectivity index (χ4n) is 10.8. The first-order valence-electron chi connectivity index (χ1n) is 9.17. The summed E-state index contributed by atoms with van der Waals surface area (Å²) in [4.78, 5) is 27.9. The maximum absolute atomic E-state index is 13.9. The first-order chi connectivity index (χ1) is 10.7. The Morgan fingerprint density at radius 2 is 1.27 bits per heavy atom. The van der Waals surface area contributed by atoms with Crippen molar-refractivity contribution >= 4 is 11.6 Å². The highest BCUT2D eigenvalue weighted by atomic mass is 16.2. The Morgan fingerprint density at radius 1 is 0.773 bits per heavy atom. The monoisotopic (exact) mass is 290 g/mol. The molecule has 8 rings (SSSR count). The van der Waals surface area contributed by atoms with E-state index in [1.54, 1.807) is 0 Å². The lowest BCUT2D eigenvalue weighted by atomic mass is 9.35. The molecule has 7 fully saturated rings. The smallest absolute Gasteiger partial charge is 0.152 e. The van der Waals surface area contributed by atoms with E-state index in [1.807, 2.05) is 0 Å². The number of hydrogen-bond acceptors (Lipinski definition) is 2. The van der Waals surface area contributed by atoms with Crippen LogP contribution in [0, 0.1) is 57.2 Å². The van der Waals surface area contributed by atoms with Gasteiger partial charge in [-0.15, -0.1) is 0 Å². The zero-order chi connectivity index (χ0) is 14.3. The van der Waals surface area contributed by atoms with Crippen LogP contribution in [0.5, 0.6) is 0 Å². The Bertz CT molecular complexity index is 756. The number of Topliss-reactive ketones (excluding diaryl/α,β-unsaturated/α-hetero) is 2. The van der Waals surface area contributed by atoms with Gasteiger partial charge in [0, 0.05) is 10.8 Å². The Morgan fingerprint density at radius 3 is 1.77 bits per heavy atom. The lowest BCUT2D eigenvalue weighted by Gasteiger charge is -2.65. The van der Waals surface area contributed by atoms with Crippen molar-refractivity contribution in [2.45, 2.75) is 25.7 Å². The highest BCUT2D eigenvalue weighted by Crippen LogP contribution is 3.02. The largest absolute Gasteiger partial charge is 0.298 e. The van der Waals surface area contributed by atoms with Gasteiger partial charge >= 0.3 is 0 Å². The number of carbonyl (C=O) groups excluding carboxylic acids is 2. The van der Waals surface area contributed by atoms with Crippen molar-refractivity contribution in [3.8, 4) is 0 Å². The molecule has 2 heteroatoms. The van der Waals surface area contributed by atoms with Gasteiger partial charge in [0.25, 0.3) is 0 Å². The van der Waals surface area contributed by atoms with Gasteiger partial charge in [0.1, 0.15) is 0 Å². The SMILES string of the molecule is O=C1[C@@]23[C@H]4CC[C@H](C4)[C@@]24C(=O)[C@@]25C=CC=C[C@@]12[C@@H]1C[C@H]5[C@@H]4[C@@H]13. The lowest BCUT2D eigenvalue weighted by molar-refractivity contribution is -0.207. The molecule has 22 heavy (non-hydrogen) atoms. The normalized spacial score (nSPS) is 75.1. The van der Waals surface area contributed by atoms with E-state index in [2.05, 4.69) is 24.3 Å². The van der Waals surface area contributed by atoms with Gasteiger partial charge in [-0.25, -0.2) is 0 Å². The second-order valence-electron chi connectivity index (χ2n) is 9.56. The molecule has 0 saturated heterocycles. The molecular weight excluding hydrogens is 272 g/mol. The van der Waals surface area contributed by atoms with Gasteiger partial charge in [-0.05, 0) is 61.2 Å². The fourth-order valence-corrected chi connectivity index (χ4v) is 10.8. The number of fused-ring (bicyclic) bond motifs is 2. The van der Waals surface area contributed by atoms with E-state index in [0.717, 1.165) is 6.42 Å². The number of carbonyl (C=O) groups is 2. The van der Waals surface area contributed by atoms with Crippen LogP contribution in [0.2, 0.25) is 0 Å². The molecule has 0 N–H and O–H groups in total. The minimum absolute atomic E-state index is 0.188. The molecular formula is C20H18O2. The number of hydrogen-bond donors (Lipinski definition) is 0. The van der Waals surface area contributed by atoms with Crippen molar-refractivity contribution < 1.29 is 9.59 Å². The molecule has 0 unspecified atom stereocenters. The molecule has 8 aliphatic rings. The zero-order valence-corrected chi connectivity index (χ0v) is 12.4. The summed E-state index contributed by atoms with van der Waals surface area (Å²) in [6.07, 6.45) is 13.3. The number of ketones is 2. The van der Waals surface area contributed by atoms with Crippen LogP contribution in [0.1, 0.15) is 25.7 Å². The summed E-state index contributed by atoms with van der Waals surface area (Å²) >= 11 is 0. The topological polar surface area (TPSA) is 34.1 Å². The molecule has 7 saturated carbocycles. The maximum atomic E-state index is 13.9. The third-order valence-electron chi connectivity index (χ3n) is 10.4. The van der Waals surface area contributed by atoms with E-state index in [-0.39, 0.29) is 10.8 Å². The van der Waals surface area contributed by atoms with Gasteiger partial charge in [0.05, 0.1) is 10.8 Å². The molecule has 110 valence electrons. The molecule has 0 aromatic rings. The van der Waals surface area contributed by atoms with E-state index in [4.69, 9.17) is 0 Å². The van der Waals surface area contributed by atoms with E-state index < -0.39 is 10.8 Å². The lowest BCUT2D eigenvalue weighted by Crippen LogP contribution is -2.72. The van der Waals surface area contributed by atoms with Crippen molar-refractivity contribution in [3.63, 3.8) is 0 Å². The minimum Gasteiger partial charge on any atom is -0.298 e. The Labute approximate surface area is 129 Å². The average Bonchev–Trinajstić information content (AvgIpc) is 3.24. The molecule has 0 aromatic heterocycles. The van der Waals surface area contributed by atoms with Crippen LogP contribution in [0.3, 0.4) is 0 Å². The van der Waals surface area contributed by atoms with Crippen LogP contribution in [-0.4, -0.2) is 11.6 Å². The summed E-state index contributed by atoms with van der Waals surface area (Å²) in [6.45, 7) is 0. The van der Waals surface area contributed by atoms with E-state index in [9.17, 15) is 9.59 Å². The summed E-state index contributed by atoms with van der Waals surface area (Å²) in [5, 5.41) is 0. The predicted molar refractivity (Wildman–Crippen MR) is 77.4 cm³/mol. The first kappa shape index (κ1) is 10.6. The summed E-state index contributed by atoms with van der Waals surface area (Å²) in [6, 6.07) is 0. The van der Waals surface area contributed by atoms with Gasteiger partial charge in [0.2, 0.25) is 0 Å². The number of allylic oxidation sites excluding steroid dienone is 4. The van der Waals surface area contributed by atoms with E-state index in [0.29, 0.717) is 47.1 Å². The quantitative estimate of drug-likeness (QED) is 0.687. The molecule has 2 nitrogen and oxygen atoms in total. The summed E-state index contributed by atoms with van der Waals surface area (Å²) in [5.74, 6) is 4.33. The van der Waals surface area contributed by atoms with Gasteiger partial charge in [-0.1, -0.05) is 24.3 Å². The second kappa shape index (κ2) is 2.34. The van der Waals surface area contributed by atoms with Crippen molar-refractivity contribution in [1.29, 1.82) is 0 Å². The Balaban J connectivity index is 1.62. The first-order valence-corrected chi connectivity index (χ1v) is 9.17. The van der Waals surface area contributed by atoms with Crippen LogP contribution >= 0.6 is 0 Å². The van der Waals surface area contributed by atoms with E-state index in [1.165, 1.54) is 19.3 Å². The molecule has 0 aromatic carbocycles. The van der Waals surface area contributed by atoms with Gasteiger partial charge < -0.3 is 0 Å². The average molecular weight is 290 g/mol. The van der Waals surface area contributed by atoms with Crippen LogP contribution in [0.15, 0.2) is 24.3 Å². The van der Waals surface area contributed by atoms with Crippen LogP contribution in [0.25, 0.3) is 0 Å². The Hall–Kier alpha value is -1.18. The molecule has 0 heterocycles. The molecule has 4 spiro atoms. The van der Waals surface area contributed by atoms with Crippen LogP contribution in [-0.2, 0) is 9.59 Å². The number of rotatable bonds is 0. The highest BCUT2D eigenvalue weighted by molar-refractivity contribution is 6.18. The minimum atomic E-state index is -0.408. The zero-order valence-electron chi connectivity index (χ0n) is 12.4. The Kier molecular flexibility index (Phi) is 1.12. The van der Waals surface area contributed by atoms with Crippen molar-refractivity contribution in [2.75, 3.05) is 0 Å². The molecule has 0 amide bonds. The van der Waals surface area contributed by atoms with Crippen LogP contribution < -0.4 is 0 Å². The maximum Gasteiger partial charge on any atom is 0.152 e. The summed E-state index contributed by atoms with van der Waals surface area (Å²) in [7, 11) is 0. The molecule has 4 bridgehead atoms. The van der Waals surface area contributed by atoms with E-state index >= 15 is 0 Å². The third-order valence-corrected chi connectivity index (χ3v) is 10.4. The summed E-state index contributed by atoms with van der Waals surface area (Å²) < 4.78 is 0. The third kappa shape index (κ3) is 0.487. The van der Waals surface area contributed by atoms with Gasteiger partial charge in [-0.2, -0.15) is 0 Å². The molecule has 8 aliphatic carbocycles. The van der Waals surface area contributed by atoms with Gasteiger partial charge in [0.15, 0.2) is 11.6 Å². The molecule has 0 aliphatic heterocycles. The van der Waals surface area contributed by atoms with Crippen molar-refractivity contribution in [3.05, 3.63) is 24.3 Å². The summed E-state index contributed by atoms with van der Waals surface area (Å²) in [5.41, 5.74) is -1.19. The van der Waals surface area contributed by atoms with Crippen LogP contribution in [0.4, 0.5) is 0 Å². The second-order valence-corrected chi connectivity index (χ2v) is 9.56. The van der Waals surface area contributed by atoms with Crippen molar-refractivity contribution in [2.24, 2.45) is 57.2 Å². The predicted octanol–water partition coefficient (Wildman–Crippen LogP) is 2.55.